The lowest BCUT2D eigenvalue weighted by Gasteiger charge is -2.38. The van der Waals surface area contributed by atoms with Crippen molar-refractivity contribution in [2.24, 2.45) is 5.92 Å². The number of para-hydroxylation sites is 1. The molecule has 0 radical (unpaired) electrons. The topological polar surface area (TPSA) is 76.2 Å². The molecule has 34 heavy (non-hydrogen) atoms. The number of rotatable bonds is 3. The van der Waals surface area contributed by atoms with E-state index in [2.05, 4.69) is 19.9 Å². The van der Waals surface area contributed by atoms with Gasteiger partial charge in [0.05, 0.1) is 19.3 Å². The van der Waals surface area contributed by atoms with Crippen molar-refractivity contribution in [2.75, 3.05) is 31.5 Å². The van der Waals surface area contributed by atoms with Gasteiger partial charge in [-0.25, -0.2) is 4.98 Å². The lowest BCUT2D eigenvalue weighted by atomic mass is 9.91. The molecule has 2 aliphatic rings. The number of benzene rings is 1. The van der Waals surface area contributed by atoms with Crippen molar-refractivity contribution in [1.29, 1.82) is 0 Å². The Morgan fingerprint density at radius 3 is 2.24 bits per heavy atom. The summed E-state index contributed by atoms with van der Waals surface area (Å²) in [5, 5.41) is 0.959. The number of nitrogens with one attached hydrogen (secondary N) is 1. The van der Waals surface area contributed by atoms with Gasteiger partial charge in [0.1, 0.15) is 6.79 Å². The molecule has 182 valence electrons. The Morgan fingerprint density at radius 1 is 0.941 bits per heavy atom. The molecule has 0 saturated carbocycles. The van der Waals surface area contributed by atoms with Crippen molar-refractivity contribution in [2.45, 2.75) is 31.2 Å². The van der Waals surface area contributed by atoms with Gasteiger partial charge >= 0.3 is 12.4 Å². The lowest BCUT2D eigenvalue weighted by Crippen LogP contribution is -2.40. The van der Waals surface area contributed by atoms with Crippen LogP contribution in [0.5, 0.6) is 0 Å². The molecule has 2 aliphatic heterocycles. The maximum Gasteiger partial charge on any atom is 0.451 e. The maximum atomic E-state index is 13.4. The molecule has 4 heterocycles. The largest absolute Gasteiger partial charge is 0.451 e. The van der Waals surface area contributed by atoms with E-state index in [1.807, 2.05) is 24.3 Å². The number of alkyl halides is 6. The highest BCUT2D eigenvalue weighted by Gasteiger charge is 2.43. The highest BCUT2D eigenvalue weighted by atomic mass is 19.4. The number of hydrogen-bond donors (Lipinski definition) is 1. The molecule has 1 atom stereocenters. The summed E-state index contributed by atoms with van der Waals surface area (Å²) >= 11 is 0. The van der Waals surface area contributed by atoms with Crippen LogP contribution in [0.25, 0.3) is 10.9 Å². The first-order valence-electron chi connectivity index (χ1n) is 10.5. The summed E-state index contributed by atoms with van der Waals surface area (Å²) in [6.45, 7) is 0.990. The molecule has 1 fully saturated rings. The zero-order valence-corrected chi connectivity index (χ0v) is 17.6. The molecule has 0 amide bonds. The zero-order valence-electron chi connectivity index (χ0n) is 17.6. The minimum absolute atomic E-state index is 0.121. The molecule has 0 spiro atoms. The summed E-state index contributed by atoms with van der Waals surface area (Å²) in [6, 6.07) is 6.90. The van der Waals surface area contributed by atoms with Crippen LogP contribution in [0.15, 0.2) is 24.3 Å². The number of aromatic nitrogens is 4. The van der Waals surface area contributed by atoms with Gasteiger partial charge in [0, 0.05) is 29.1 Å². The number of ether oxygens (including phenoxy) is 2. The van der Waals surface area contributed by atoms with Crippen LogP contribution >= 0.6 is 0 Å². The molecule has 1 aromatic carbocycles. The van der Waals surface area contributed by atoms with E-state index in [0.29, 0.717) is 31.7 Å². The average molecular weight is 487 g/mol. The van der Waals surface area contributed by atoms with Gasteiger partial charge in [0.25, 0.3) is 0 Å². The fraction of sp³-hybridized carbons (Fsp3) is 0.476. The second kappa shape index (κ2) is 8.38. The van der Waals surface area contributed by atoms with Gasteiger partial charge in [-0.2, -0.15) is 36.3 Å². The Bertz CT molecular complexity index is 1160. The number of fused-ring (bicyclic) bond motifs is 3. The number of hydrogen-bond acceptors (Lipinski definition) is 6. The molecule has 1 N–H and O–H groups in total. The summed E-state index contributed by atoms with van der Waals surface area (Å²) in [7, 11) is 0. The van der Waals surface area contributed by atoms with Crippen molar-refractivity contribution >= 4 is 16.9 Å². The van der Waals surface area contributed by atoms with Crippen LogP contribution in [0.4, 0.5) is 32.3 Å². The Kier molecular flexibility index (Phi) is 5.63. The molecule has 3 aromatic rings. The first kappa shape index (κ1) is 22.8. The van der Waals surface area contributed by atoms with E-state index in [0.717, 1.165) is 16.5 Å². The van der Waals surface area contributed by atoms with E-state index in [-0.39, 0.29) is 19.3 Å². The minimum atomic E-state index is -5.17. The fourth-order valence-corrected chi connectivity index (χ4v) is 4.54. The smallest absolute Gasteiger partial charge is 0.356 e. The van der Waals surface area contributed by atoms with Crippen molar-refractivity contribution in [3.63, 3.8) is 0 Å². The van der Waals surface area contributed by atoms with Gasteiger partial charge in [0.15, 0.2) is 0 Å². The van der Waals surface area contributed by atoms with E-state index in [4.69, 9.17) is 9.47 Å². The summed E-state index contributed by atoms with van der Waals surface area (Å²) < 4.78 is 90.9. The van der Waals surface area contributed by atoms with E-state index in [1.54, 1.807) is 0 Å². The van der Waals surface area contributed by atoms with Crippen LogP contribution < -0.4 is 4.90 Å². The molecule has 0 bridgehead atoms. The van der Waals surface area contributed by atoms with Gasteiger partial charge in [-0.1, -0.05) is 18.2 Å². The minimum Gasteiger partial charge on any atom is -0.356 e. The monoisotopic (exact) mass is 487 g/mol. The van der Waals surface area contributed by atoms with Crippen LogP contribution in [-0.4, -0.2) is 46.5 Å². The predicted molar refractivity (Wildman–Crippen MR) is 107 cm³/mol. The molecule has 0 aliphatic carbocycles. The number of anilines is 1. The summed E-state index contributed by atoms with van der Waals surface area (Å²) in [6.07, 6.45) is -9.59. The highest BCUT2D eigenvalue weighted by molar-refractivity contribution is 5.85. The van der Waals surface area contributed by atoms with Gasteiger partial charge in [-0.15, -0.1) is 0 Å². The number of H-pyrrole nitrogens is 1. The van der Waals surface area contributed by atoms with E-state index in [1.165, 1.54) is 4.90 Å². The highest BCUT2D eigenvalue weighted by Crippen LogP contribution is 2.41. The molecule has 13 heteroatoms. The average Bonchev–Trinajstić information content (AvgIpc) is 3.18. The van der Waals surface area contributed by atoms with Crippen molar-refractivity contribution in [3.05, 3.63) is 47.2 Å². The Labute approximate surface area is 189 Å². The van der Waals surface area contributed by atoms with E-state index < -0.39 is 36.0 Å². The van der Waals surface area contributed by atoms with Gasteiger partial charge in [-0.05, 0) is 24.5 Å². The maximum absolute atomic E-state index is 13.4. The number of aromatic amines is 1. The second-order valence-electron chi connectivity index (χ2n) is 8.26. The summed E-state index contributed by atoms with van der Waals surface area (Å²) in [5.74, 6) is -4.54. The Hall–Kier alpha value is -2.93. The third kappa shape index (κ3) is 4.29. The molecule has 7 nitrogen and oxygen atoms in total. The molecular formula is C21H19F6N5O2. The molecule has 0 unspecified atom stereocenters. The standard InChI is InChI=1S/C21H19F6N5O2/c22-20(23,24)17-29-18(21(25,26)27)31-19(30-17)32-6-5-13-12-3-1-2-4-14(12)28-16(13)15(32)7-11-8-33-10-34-9-11/h1-4,11,15,28H,5-10H2/t15-/m0/s1. The Morgan fingerprint density at radius 2 is 1.59 bits per heavy atom. The number of halogens is 6. The first-order valence-corrected chi connectivity index (χ1v) is 10.5. The van der Waals surface area contributed by atoms with Gasteiger partial charge < -0.3 is 19.4 Å². The van der Waals surface area contributed by atoms with Crippen molar-refractivity contribution in [3.8, 4) is 0 Å². The third-order valence-electron chi connectivity index (χ3n) is 5.98. The van der Waals surface area contributed by atoms with Crippen LogP contribution in [-0.2, 0) is 28.2 Å². The zero-order chi connectivity index (χ0) is 24.1. The van der Waals surface area contributed by atoms with E-state index in [9.17, 15) is 26.3 Å². The Balaban J connectivity index is 1.62. The van der Waals surface area contributed by atoms with Crippen molar-refractivity contribution in [1.82, 2.24) is 19.9 Å². The lowest BCUT2D eigenvalue weighted by molar-refractivity contribution is -0.155. The van der Waals surface area contributed by atoms with Crippen LogP contribution in [0.1, 0.15) is 35.4 Å². The quantitative estimate of drug-likeness (QED) is 0.549. The van der Waals surface area contributed by atoms with Gasteiger partial charge in [-0.3, -0.25) is 0 Å². The fourth-order valence-electron chi connectivity index (χ4n) is 4.54. The normalized spacial score (nSPS) is 20.1. The van der Waals surface area contributed by atoms with Crippen LogP contribution in [0.3, 0.4) is 0 Å². The predicted octanol–water partition coefficient (Wildman–Crippen LogP) is 4.50. The van der Waals surface area contributed by atoms with Crippen molar-refractivity contribution < 1.29 is 35.8 Å². The molecule has 2 aromatic heterocycles. The second-order valence-corrected chi connectivity index (χ2v) is 8.26. The summed E-state index contributed by atoms with van der Waals surface area (Å²) in [4.78, 5) is 14.2. The first-order chi connectivity index (χ1) is 16.1. The molecular weight excluding hydrogens is 468 g/mol. The van der Waals surface area contributed by atoms with E-state index >= 15 is 0 Å². The third-order valence-corrected chi connectivity index (χ3v) is 5.98. The van der Waals surface area contributed by atoms with Gasteiger partial charge in [0.2, 0.25) is 17.6 Å². The molecule has 1 saturated heterocycles. The SMILES string of the molecule is FC(F)(F)c1nc(N2CCc3c([nH]c4ccccc34)[C@@H]2CC2COCOC2)nc(C(F)(F)F)n1. The number of nitrogens with zero attached hydrogens (tertiary/aromatic N) is 4. The molecule has 5 rings (SSSR count). The van der Waals surface area contributed by atoms with Crippen LogP contribution in [0.2, 0.25) is 0 Å². The summed E-state index contributed by atoms with van der Waals surface area (Å²) in [5.41, 5.74) is 2.51. The van der Waals surface area contributed by atoms with Crippen LogP contribution in [0, 0.1) is 5.92 Å².